The van der Waals surface area contributed by atoms with Crippen LogP contribution in [0.5, 0.6) is 0 Å². The van der Waals surface area contributed by atoms with Crippen LogP contribution in [0.3, 0.4) is 0 Å². The molecule has 3 heteroatoms. The second-order valence-corrected chi connectivity index (χ2v) is 4.74. The first-order valence-corrected chi connectivity index (χ1v) is 5.67. The van der Waals surface area contributed by atoms with Gasteiger partial charge in [-0.15, -0.1) is 0 Å². The number of halogens is 2. The molecule has 88 valence electrons. The van der Waals surface area contributed by atoms with Gasteiger partial charge in [-0.3, -0.25) is 0 Å². The quantitative estimate of drug-likeness (QED) is 0.811. The van der Waals surface area contributed by atoms with Crippen molar-refractivity contribution >= 4 is 0 Å². The van der Waals surface area contributed by atoms with E-state index in [1.54, 1.807) is 12.1 Å². The van der Waals surface area contributed by atoms with Crippen molar-refractivity contribution in [1.29, 1.82) is 0 Å². The first-order valence-electron chi connectivity index (χ1n) is 5.67. The maximum atomic E-state index is 12.7. The van der Waals surface area contributed by atoms with Crippen molar-refractivity contribution in [2.24, 2.45) is 0 Å². The van der Waals surface area contributed by atoms with E-state index in [-0.39, 0.29) is 11.1 Å². The monoisotopic (exact) mass is 225 g/mol. The third kappa shape index (κ3) is 1.96. The van der Waals surface area contributed by atoms with Crippen molar-refractivity contribution in [1.82, 2.24) is 5.32 Å². The SMILES string of the molecule is Cc1ccc(C(F)F)cc1C1(C)CCCN1. The van der Waals surface area contributed by atoms with Gasteiger partial charge in [-0.2, -0.15) is 0 Å². The summed E-state index contributed by atoms with van der Waals surface area (Å²) in [5.74, 6) is 0. The van der Waals surface area contributed by atoms with Crippen LogP contribution in [0.15, 0.2) is 18.2 Å². The Bertz CT molecular complexity index is 382. The summed E-state index contributed by atoms with van der Waals surface area (Å²) < 4.78 is 25.3. The zero-order valence-corrected chi connectivity index (χ0v) is 9.69. The van der Waals surface area contributed by atoms with E-state index >= 15 is 0 Å². The predicted octanol–water partition coefficient (Wildman–Crippen LogP) is 3.53. The van der Waals surface area contributed by atoms with E-state index in [0.29, 0.717) is 0 Å². The Hall–Kier alpha value is -0.960. The van der Waals surface area contributed by atoms with Gasteiger partial charge in [-0.25, -0.2) is 8.78 Å². The molecule has 1 saturated heterocycles. The molecule has 16 heavy (non-hydrogen) atoms. The van der Waals surface area contributed by atoms with Crippen molar-refractivity contribution in [3.63, 3.8) is 0 Å². The van der Waals surface area contributed by atoms with Gasteiger partial charge in [0.05, 0.1) is 0 Å². The van der Waals surface area contributed by atoms with Crippen LogP contribution < -0.4 is 5.32 Å². The summed E-state index contributed by atoms with van der Waals surface area (Å²) >= 11 is 0. The molecule has 0 aliphatic carbocycles. The standard InChI is InChI=1S/C13H17F2N/c1-9-4-5-10(12(14)15)8-11(9)13(2)6-3-7-16-13/h4-5,8,12,16H,3,6-7H2,1-2H3. The predicted molar refractivity (Wildman–Crippen MR) is 60.7 cm³/mol. The van der Waals surface area contributed by atoms with E-state index in [4.69, 9.17) is 0 Å². The Morgan fingerprint density at radius 2 is 2.12 bits per heavy atom. The van der Waals surface area contributed by atoms with Crippen molar-refractivity contribution in [3.05, 3.63) is 34.9 Å². The van der Waals surface area contributed by atoms with Gasteiger partial charge in [-0.1, -0.05) is 12.1 Å². The molecule has 0 spiro atoms. The summed E-state index contributed by atoms with van der Waals surface area (Å²) in [7, 11) is 0. The van der Waals surface area contributed by atoms with Crippen LogP contribution in [0, 0.1) is 6.92 Å². The van der Waals surface area contributed by atoms with Crippen LogP contribution in [-0.2, 0) is 5.54 Å². The van der Waals surface area contributed by atoms with Gasteiger partial charge in [0.15, 0.2) is 0 Å². The summed E-state index contributed by atoms with van der Waals surface area (Å²) in [6, 6.07) is 4.96. The molecule has 2 rings (SSSR count). The Morgan fingerprint density at radius 1 is 1.38 bits per heavy atom. The van der Waals surface area contributed by atoms with Crippen molar-refractivity contribution in [2.45, 2.75) is 38.7 Å². The van der Waals surface area contributed by atoms with Crippen LogP contribution in [0.1, 0.15) is 42.9 Å². The average molecular weight is 225 g/mol. The number of benzene rings is 1. The molecule has 1 aromatic carbocycles. The molecule has 1 atom stereocenters. The molecule has 0 saturated carbocycles. The van der Waals surface area contributed by atoms with E-state index in [1.165, 1.54) is 6.07 Å². The highest BCUT2D eigenvalue weighted by Crippen LogP contribution is 2.34. The van der Waals surface area contributed by atoms with E-state index in [1.807, 2.05) is 6.92 Å². The molecule has 1 aromatic rings. The molecular formula is C13H17F2N. The molecule has 0 radical (unpaired) electrons. The van der Waals surface area contributed by atoms with Crippen LogP contribution in [0.2, 0.25) is 0 Å². The topological polar surface area (TPSA) is 12.0 Å². The normalized spacial score (nSPS) is 25.3. The summed E-state index contributed by atoms with van der Waals surface area (Å²) in [5, 5.41) is 3.41. The van der Waals surface area contributed by atoms with E-state index < -0.39 is 6.43 Å². The van der Waals surface area contributed by atoms with Gasteiger partial charge in [-0.05, 0) is 50.4 Å². The second kappa shape index (κ2) is 4.13. The Morgan fingerprint density at radius 3 is 2.69 bits per heavy atom. The zero-order valence-electron chi connectivity index (χ0n) is 9.69. The van der Waals surface area contributed by atoms with Crippen molar-refractivity contribution < 1.29 is 8.78 Å². The lowest BCUT2D eigenvalue weighted by Crippen LogP contribution is -2.34. The van der Waals surface area contributed by atoms with E-state index in [0.717, 1.165) is 30.5 Å². The van der Waals surface area contributed by atoms with Crippen molar-refractivity contribution in [2.75, 3.05) is 6.54 Å². The van der Waals surface area contributed by atoms with Gasteiger partial charge >= 0.3 is 0 Å². The van der Waals surface area contributed by atoms with Gasteiger partial charge in [0.1, 0.15) is 0 Å². The largest absolute Gasteiger partial charge is 0.308 e. The maximum absolute atomic E-state index is 12.7. The number of aryl methyl sites for hydroxylation is 1. The maximum Gasteiger partial charge on any atom is 0.263 e. The number of hydrogen-bond donors (Lipinski definition) is 1. The highest BCUT2D eigenvalue weighted by Gasteiger charge is 2.31. The minimum Gasteiger partial charge on any atom is -0.308 e. The molecule has 1 unspecified atom stereocenters. The molecule has 0 amide bonds. The first-order chi connectivity index (χ1) is 7.53. The molecule has 0 aromatic heterocycles. The Labute approximate surface area is 94.9 Å². The molecule has 1 aliphatic rings. The fraction of sp³-hybridized carbons (Fsp3) is 0.538. The highest BCUT2D eigenvalue weighted by molar-refractivity contribution is 5.37. The third-order valence-electron chi connectivity index (χ3n) is 3.48. The smallest absolute Gasteiger partial charge is 0.263 e. The van der Waals surface area contributed by atoms with Crippen LogP contribution in [-0.4, -0.2) is 6.54 Å². The average Bonchev–Trinajstić information content (AvgIpc) is 2.66. The Kier molecular flexibility index (Phi) is 2.98. The molecule has 1 aliphatic heterocycles. The lowest BCUT2D eigenvalue weighted by Gasteiger charge is -2.27. The number of nitrogens with one attached hydrogen (secondary N) is 1. The lowest BCUT2D eigenvalue weighted by molar-refractivity contribution is 0.151. The lowest BCUT2D eigenvalue weighted by atomic mass is 9.86. The number of rotatable bonds is 2. The van der Waals surface area contributed by atoms with Gasteiger partial charge in [0, 0.05) is 11.1 Å². The third-order valence-corrected chi connectivity index (χ3v) is 3.48. The van der Waals surface area contributed by atoms with E-state index in [2.05, 4.69) is 12.2 Å². The molecule has 1 heterocycles. The molecule has 1 fully saturated rings. The number of alkyl halides is 2. The molecule has 0 bridgehead atoms. The van der Waals surface area contributed by atoms with Crippen molar-refractivity contribution in [3.8, 4) is 0 Å². The first kappa shape index (κ1) is 11.5. The minimum absolute atomic E-state index is 0.121. The Balaban J connectivity index is 2.42. The zero-order chi connectivity index (χ0) is 11.8. The molecule has 1 nitrogen and oxygen atoms in total. The van der Waals surface area contributed by atoms with Gasteiger partial charge in [0.2, 0.25) is 0 Å². The van der Waals surface area contributed by atoms with Crippen LogP contribution in [0.25, 0.3) is 0 Å². The second-order valence-electron chi connectivity index (χ2n) is 4.74. The minimum atomic E-state index is -2.38. The highest BCUT2D eigenvalue weighted by atomic mass is 19.3. The number of hydrogen-bond acceptors (Lipinski definition) is 1. The summed E-state index contributed by atoms with van der Waals surface area (Å²) in [6.45, 7) is 5.04. The summed E-state index contributed by atoms with van der Waals surface area (Å²) in [6.07, 6.45) is -0.264. The van der Waals surface area contributed by atoms with Crippen LogP contribution in [0.4, 0.5) is 8.78 Å². The summed E-state index contributed by atoms with van der Waals surface area (Å²) in [4.78, 5) is 0. The fourth-order valence-electron chi connectivity index (χ4n) is 2.49. The van der Waals surface area contributed by atoms with Gasteiger partial charge < -0.3 is 5.32 Å². The van der Waals surface area contributed by atoms with E-state index in [9.17, 15) is 8.78 Å². The molecular weight excluding hydrogens is 208 g/mol. The molecule has 1 N–H and O–H groups in total. The fourth-order valence-corrected chi connectivity index (χ4v) is 2.49. The summed E-state index contributed by atoms with van der Waals surface area (Å²) in [5.41, 5.74) is 2.09. The van der Waals surface area contributed by atoms with Gasteiger partial charge in [0.25, 0.3) is 6.43 Å². The van der Waals surface area contributed by atoms with Crippen LogP contribution >= 0.6 is 0 Å².